The number of carbonyl (C=O) groups excluding carboxylic acids is 1. The van der Waals surface area contributed by atoms with Gasteiger partial charge in [0, 0.05) is 21.7 Å². The van der Waals surface area contributed by atoms with Gasteiger partial charge < -0.3 is 5.32 Å². The molecule has 0 atom stereocenters. The van der Waals surface area contributed by atoms with Crippen LogP contribution in [-0.2, 0) is 14.8 Å². The van der Waals surface area contributed by atoms with Crippen LogP contribution in [0.25, 0.3) is 11.1 Å². The third kappa shape index (κ3) is 4.07. The van der Waals surface area contributed by atoms with E-state index in [9.17, 15) is 13.2 Å². The summed E-state index contributed by atoms with van der Waals surface area (Å²) >= 11 is 1.57. The van der Waals surface area contributed by atoms with Gasteiger partial charge in [-0.15, -0.1) is 11.8 Å². The minimum absolute atomic E-state index is 0.223. The Bertz CT molecular complexity index is 1250. The number of thioether (sulfide) groups is 1. The fourth-order valence-corrected chi connectivity index (χ4v) is 5.82. The molecule has 1 amide bonds. The Kier molecular flexibility index (Phi) is 5.81. The second kappa shape index (κ2) is 8.40. The fourth-order valence-electron chi connectivity index (χ4n) is 3.71. The fraction of sp³-hybridized carbons (Fsp3) is 0.208. The largest absolute Gasteiger partial charge is 0.324 e. The Morgan fingerprint density at radius 2 is 1.77 bits per heavy atom. The normalized spacial score (nSPS) is 14.1. The molecule has 0 saturated heterocycles. The van der Waals surface area contributed by atoms with Crippen LogP contribution in [0.5, 0.6) is 0 Å². The summed E-state index contributed by atoms with van der Waals surface area (Å²) in [5, 5.41) is 2.83. The number of benzene rings is 3. The summed E-state index contributed by atoms with van der Waals surface area (Å²) in [6, 6.07) is 20.2. The van der Waals surface area contributed by atoms with Crippen molar-refractivity contribution >= 4 is 39.1 Å². The minimum atomic E-state index is -3.86. The smallest absolute Gasteiger partial charge is 0.265 e. The molecule has 0 aliphatic carbocycles. The zero-order chi connectivity index (χ0) is 22.2. The highest BCUT2D eigenvalue weighted by Crippen LogP contribution is 2.43. The summed E-state index contributed by atoms with van der Waals surface area (Å²) in [5.41, 5.74) is 3.78. The Morgan fingerprint density at radius 1 is 1.00 bits per heavy atom. The maximum absolute atomic E-state index is 13.4. The molecule has 5 nitrogen and oxygen atoms in total. The van der Waals surface area contributed by atoms with E-state index >= 15 is 0 Å². The van der Waals surface area contributed by atoms with E-state index in [0.29, 0.717) is 22.9 Å². The lowest BCUT2D eigenvalue weighted by Crippen LogP contribution is -2.40. The summed E-state index contributed by atoms with van der Waals surface area (Å²) in [4.78, 5) is 14.1. The van der Waals surface area contributed by atoms with Crippen LogP contribution in [0.4, 0.5) is 11.4 Å². The van der Waals surface area contributed by atoms with Gasteiger partial charge in [-0.25, -0.2) is 8.42 Å². The number of anilines is 2. The van der Waals surface area contributed by atoms with Gasteiger partial charge in [-0.1, -0.05) is 44.2 Å². The zero-order valence-electron chi connectivity index (χ0n) is 17.6. The summed E-state index contributed by atoms with van der Waals surface area (Å²) in [7, 11) is -3.86. The average molecular weight is 453 g/mol. The van der Waals surface area contributed by atoms with Crippen molar-refractivity contribution in [1.82, 2.24) is 0 Å². The number of hydrogen-bond acceptors (Lipinski definition) is 4. The van der Waals surface area contributed by atoms with Gasteiger partial charge in [0.1, 0.15) is 6.54 Å². The van der Waals surface area contributed by atoms with Crippen molar-refractivity contribution in [2.24, 2.45) is 0 Å². The number of amides is 1. The minimum Gasteiger partial charge on any atom is -0.324 e. The third-order valence-electron chi connectivity index (χ3n) is 5.34. The van der Waals surface area contributed by atoms with Gasteiger partial charge in [0.05, 0.1) is 10.6 Å². The number of nitrogens with zero attached hydrogens (tertiary/aromatic N) is 1. The van der Waals surface area contributed by atoms with E-state index in [1.807, 2.05) is 48.7 Å². The van der Waals surface area contributed by atoms with Crippen molar-refractivity contribution in [2.75, 3.05) is 22.4 Å². The van der Waals surface area contributed by atoms with Crippen LogP contribution < -0.4 is 9.62 Å². The molecule has 0 spiro atoms. The van der Waals surface area contributed by atoms with Crippen LogP contribution in [0.1, 0.15) is 25.3 Å². The molecular weight excluding hydrogens is 428 g/mol. The molecule has 7 heteroatoms. The van der Waals surface area contributed by atoms with E-state index in [-0.39, 0.29) is 17.3 Å². The van der Waals surface area contributed by atoms with Crippen LogP contribution in [0.2, 0.25) is 0 Å². The lowest BCUT2D eigenvalue weighted by atomic mass is 9.95. The molecule has 4 rings (SSSR count). The van der Waals surface area contributed by atoms with Crippen molar-refractivity contribution in [3.63, 3.8) is 0 Å². The Morgan fingerprint density at radius 3 is 2.52 bits per heavy atom. The molecular formula is C24H24N2O3S2. The van der Waals surface area contributed by atoms with E-state index in [4.69, 9.17) is 0 Å². The molecule has 1 aliphatic rings. The van der Waals surface area contributed by atoms with E-state index in [1.165, 1.54) is 4.31 Å². The molecule has 1 aliphatic heterocycles. The second-order valence-electron chi connectivity index (χ2n) is 7.72. The van der Waals surface area contributed by atoms with E-state index < -0.39 is 10.0 Å². The zero-order valence-corrected chi connectivity index (χ0v) is 19.3. The van der Waals surface area contributed by atoms with Crippen molar-refractivity contribution in [1.29, 1.82) is 0 Å². The standard InChI is InChI=1S/C24H24N2O3S2/c1-16(2)17-11-12-22-21(13-17)20-9-4-5-10-23(20)31(28,29)26(22)15-24(27)25-18-7-6-8-19(14-18)30-3/h4-14,16H,15H2,1-3H3,(H,25,27). The quantitative estimate of drug-likeness (QED) is 0.530. The number of sulfonamides is 1. The maximum atomic E-state index is 13.4. The molecule has 31 heavy (non-hydrogen) atoms. The van der Waals surface area contributed by atoms with Crippen molar-refractivity contribution in [2.45, 2.75) is 29.6 Å². The first-order valence-corrected chi connectivity index (χ1v) is 12.7. The van der Waals surface area contributed by atoms with E-state index in [1.54, 1.807) is 36.0 Å². The molecule has 0 radical (unpaired) electrons. The first kappa shape index (κ1) is 21.5. The SMILES string of the molecule is CSc1cccc(NC(=O)CN2c3ccc(C(C)C)cc3-c3ccccc3S2(=O)=O)c1. The maximum Gasteiger partial charge on any atom is 0.265 e. The van der Waals surface area contributed by atoms with E-state index in [0.717, 1.165) is 16.0 Å². The molecule has 1 heterocycles. The highest BCUT2D eigenvalue weighted by atomic mass is 32.2. The molecule has 0 fully saturated rings. The molecule has 0 saturated carbocycles. The van der Waals surface area contributed by atoms with Gasteiger partial charge in [0.25, 0.3) is 10.0 Å². The third-order valence-corrected chi connectivity index (χ3v) is 7.89. The number of fused-ring (bicyclic) bond motifs is 3. The summed E-state index contributed by atoms with van der Waals surface area (Å²) in [6.45, 7) is 3.90. The van der Waals surface area contributed by atoms with Crippen molar-refractivity contribution in [3.05, 3.63) is 72.3 Å². The molecule has 1 N–H and O–H groups in total. The van der Waals surface area contributed by atoms with Gasteiger partial charge >= 0.3 is 0 Å². The molecule has 3 aromatic carbocycles. The number of hydrogen-bond donors (Lipinski definition) is 1. The van der Waals surface area contributed by atoms with Gasteiger partial charge in [-0.05, 0) is 54.1 Å². The highest BCUT2D eigenvalue weighted by molar-refractivity contribution is 7.98. The molecule has 0 unspecified atom stereocenters. The first-order chi connectivity index (χ1) is 14.8. The first-order valence-electron chi connectivity index (χ1n) is 10.0. The Hall–Kier alpha value is -2.77. The number of nitrogens with one attached hydrogen (secondary N) is 1. The van der Waals surface area contributed by atoms with Crippen LogP contribution in [0.15, 0.2) is 76.5 Å². The molecule has 0 bridgehead atoms. The average Bonchev–Trinajstić information content (AvgIpc) is 2.76. The number of carbonyl (C=O) groups is 1. The van der Waals surface area contributed by atoms with Crippen LogP contribution in [0.3, 0.4) is 0 Å². The molecule has 0 aromatic heterocycles. The monoisotopic (exact) mass is 452 g/mol. The Balaban J connectivity index is 1.73. The molecule has 160 valence electrons. The summed E-state index contributed by atoms with van der Waals surface area (Å²) < 4.78 is 28.0. The van der Waals surface area contributed by atoms with Gasteiger partial charge in [-0.3, -0.25) is 9.10 Å². The summed E-state index contributed by atoms with van der Waals surface area (Å²) in [5.74, 6) is -0.0865. The van der Waals surface area contributed by atoms with Gasteiger partial charge in [0.15, 0.2) is 0 Å². The van der Waals surface area contributed by atoms with Crippen LogP contribution in [-0.4, -0.2) is 27.1 Å². The highest BCUT2D eigenvalue weighted by Gasteiger charge is 2.36. The molecule has 3 aromatic rings. The summed E-state index contributed by atoms with van der Waals surface area (Å²) in [6.07, 6.45) is 1.96. The van der Waals surface area contributed by atoms with Crippen molar-refractivity contribution in [3.8, 4) is 11.1 Å². The Labute approximate surface area is 187 Å². The number of rotatable bonds is 5. The lowest BCUT2D eigenvalue weighted by Gasteiger charge is -2.32. The van der Waals surface area contributed by atoms with Crippen LogP contribution in [0, 0.1) is 0 Å². The van der Waals surface area contributed by atoms with Gasteiger partial charge in [-0.2, -0.15) is 0 Å². The van der Waals surface area contributed by atoms with E-state index in [2.05, 4.69) is 19.2 Å². The predicted octanol–water partition coefficient (Wildman–Crippen LogP) is 5.35. The second-order valence-corrected chi connectivity index (χ2v) is 10.4. The predicted molar refractivity (Wildman–Crippen MR) is 127 cm³/mol. The topological polar surface area (TPSA) is 66.5 Å². The van der Waals surface area contributed by atoms with Crippen LogP contribution >= 0.6 is 11.8 Å². The lowest BCUT2D eigenvalue weighted by molar-refractivity contribution is -0.114. The van der Waals surface area contributed by atoms with Crippen molar-refractivity contribution < 1.29 is 13.2 Å². The van der Waals surface area contributed by atoms with Gasteiger partial charge in [0.2, 0.25) is 5.91 Å².